The van der Waals surface area contributed by atoms with Gasteiger partial charge in [-0.25, -0.2) is 0 Å². The van der Waals surface area contributed by atoms with Crippen molar-refractivity contribution in [2.24, 2.45) is 0 Å². The molecule has 0 bridgehead atoms. The molecule has 0 spiro atoms. The van der Waals surface area contributed by atoms with E-state index in [-0.39, 0.29) is 0 Å². The van der Waals surface area contributed by atoms with Crippen LogP contribution in [0, 0.1) is 0 Å². The maximum atomic E-state index is 3.85. The lowest BCUT2D eigenvalue weighted by Gasteiger charge is -2.22. The Kier molecular flexibility index (Phi) is 10.0. The van der Waals surface area contributed by atoms with Crippen molar-refractivity contribution >= 4 is 53.7 Å². The van der Waals surface area contributed by atoms with Crippen LogP contribution in [0.2, 0.25) is 0 Å². The monoisotopic (exact) mass is 587 g/mol. The summed E-state index contributed by atoms with van der Waals surface area (Å²) in [5, 5.41) is 3.06. The summed E-state index contributed by atoms with van der Waals surface area (Å²) in [4.78, 5) is 0. The second kappa shape index (κ2) is 12.9. The van der Waals surface area contributed by atoms with Gasteiger partial charge in [0.1, 0.15) is 0 Å². The fourth-order valence-electron chi connectivity index (χ4n) is 6.16. The first-order valence-electron chi connectivity index (χ1n) is 14.1. The van der Waals surface area contributed by atoms with Gasteiger partial charge in [0.25, 0.3) is 0 Å². The average Bonchev–Trinajstić information content (AvgIpc) is 3.14. The number of rotatable bonds is 15. The number of nitrogens with zero attached hydrogens (tertiary/aromatic N) is 1. The van der Waals surface area contributed by atoms with Gasteiger partial charge in [0, 0.05) is 25.8 Å². The van der Waals surface area contributed by atoms with Crippen LogP contribution in [0.4, 0.5) is 0 Å². The third-order valence-corrected chi connectivity index (χ3v) is 8.82. The van der Waals surface area contributed by atoms with E-state index in [9.17, 15) is 0 Å². The molecular formula is C31H43Br2N. The minimum Gasteiger partial charge on any atom is -0.337 e. The van der Waals surface area contributed by atoms with Crippen molar-refractivity contribution in [3.63, 3.8) is 0 Å². The molecule has 34 heavy (non-hydrogen) atoms. The Morgan fingerprint density at radius 2 is 1.03 bits per heavy atom. The Morgan fingerprint density at radius 3 is 1.47 bits per heavy atom. The second-order valence-electron chi connectivity index (χ2n) is 10.6. The molecule has 1 nitrogen and oxygen atoms in total. The predicted octanol–water partition coefficient (Wildman–Crippen LogP) is 11.5. The zero-order valence-corrected chi connectivity index (χ0v) is 24.6. The van der Waals surface area contributed by atoms with Crippen LogP contribution in [0.25, 0.3) is 21.8 Å². The van der Waals surface area contributed by atoms with Crippen molar-refractivity contribution in [2.45, 2.75) is 123 Å². The fraction of sp³-hybridized carbons (Fsp3) is 0.613. The Morgan fingerprint density at radius 1 is 0.618 bits per heavy atom. The normalized spacial score (nSPS) is 13.2. The van der Waals surface area contributed by atoms with Gasteiger partial charge < -0.3 is 4.57 Å². The minimum atomic E-state index is 0.597. The second-order valence-corrected chi connectivity index (χ2v) is 12.4. The van der Waals surface area contributed by atoms with Crippen molar-refractivity contribution < 1.29 is 0 Å². The van der Waals surface area contributed by atoms with E-state index in [1.807, 2.05) is 0 Å². The average molecular weight is 589 g/mol. The minimum absolute atomic E-state index is 0.597. The van der Waals surface area contributed by atoms with Gasteiger partial charge in [0.15, 0.2) is 0 Å². The Balaban J connectivity index is 1.65. The van der Waals surface area contributed by atoms with Gasteiger partial charge in [-0.05, 0) is 61.1 Å². The number of hydrogen-bond acceptors (Lipinski definition) is 0. The molecule has 0 fully saturated rings. The molecule has 1 aliphatic carbocycles. The zero-order chi connectivity index (χ0) is 23.9. The molecule has 0 atom stereocenters. The maximum absolute atomic E-state index is 3.85. The lowest BCUT2D eigenvalue weighted by Crippen LogP contribution is -2.09. The van der Waals surface area contributed by atoms with Crippen LogP contribution in [0.3, 0.4) is 0 Å². The van der Waals surface area contributed by atoms with E-state index in [1.54, 1.807) is 0 Å². The standard InChI is InChI=1S/C31H43Br2N/c1-3-5-7-9-11-13-15-27(16-14-12-10-8-6-4-2)34-28-21-25(32)19-23-17-18-24-20-26(33)22-29(34)31(24)30(23)28/h19-22,27H,3-18H2,1-2H3. The number of aromatic nitrogens is 1. The summed E-state index contributed by atoms with van der Waals surface area (Å²) in [5.74, 6) is 0. The van der Waals surface area contributed by atoms with E-state index in [0.29, 0.717) is 6.04 Å². The first-order chi connectivity index (χ1) is 16.6. The highest BCUT2D eigenvalue weighted by Crippen LogP contribution is 2.44. The quantitative estimate of drug-likeness (QED) is 0.155. The van der Waals surface area contributed by atoms with Gasteiger partial charge in [-0.15, -0.1) is 0 Å². The largest absolute Gasteiger partial charge is 0.337 e. The summed E-state index contributed by atoms with van der Waals surface area (Å²) in [6.07, 6.45) is 21.4. The highest BCUT2D eigenvalue weighted by atomic mass is 79.9. The molecule has 4 rings (SSSR count). The fourth-order valence-corrected chi connectivity index (χ4v) is 7.15. The number of unbranched alkanes of at least 4 members (excludes halogenated alkanes) is 10. The number of halogens is 2. The van der Waals surface area contributed by atoms with E-state index in [0.717, 1.165) is 12.8 Å². The lowest BCUT2D eigenvalue weighted by molar-refractivity contribution is 0.410. The van der Waals surface area contributed by atoms with Gasteiger partial charge in [-0.1, -0.05) is 123 Å². The van der Waals surface area contributed by atoms with Crippen molar-refractivity contribution in [1.29, 1.82) is 0 Å². The highest BCUT2D eigenvalue weighted by Gasteiger charge is 2.25. The first-order valence-corrected chi connectivity index (χ1v) is 15.7. The summed E-state index contributed by atoms with van der Waals surface area (Å²) >= 11 is 7.71. The van der Waals surface area contributed by atoms with Gasteiger partial charge in [-0.2, -0.15) is 0 Å². The maximum Gasteiger partial charge on any atom is 0.0508 e. The summed E-state index contributed by atoms with van der Waals surface area (Å²) in [5.41, 5.74) is 5.97. The van der Waals surface area contributed by atoms with Gasteiger partial charge >= 0.3 is 0 Å². The molecule has 1 heterocycles. The van der Waals surface area contributed by atoms with Gasteiger partial charge in [0.2, 0.25) is 0 Å². The molecule has 0 saturated carbocycles. The first kappa shape index (κ1) is 26.3. The Hall–Kier alpha value is -0.800. The summed E-state index contributed by atoms with van der Waals surface area (Å²) in [7, 11) is 0. The van der Waals surface area contributed by atoms with E-state index < -0.39 is 0 Å². The van der Waals surface area contributed by atoms with Crippen LogP contribution in [0.1, 0.15) is 121 Å². The van der Waals surface area contributed by atoms with E-state index in [1.165, 1.54) is 132 Å². The van der Waals surface area contributed by atoms with Crippen LogP contribution >= 0.6 is 31.9 Å². The molecule has 2 aromatic carbocycles. The molecule has 0 amide bonds. The van der Waals surface area contributed by atoms with Crippen LogP contribution in [-0.2, 0) is 12.8 Å². The zero-order valence-electron chi connectivity index (χ0n) is 21.4. The molecule has 3 heteroatoms. The molecule has 0 N–H and O–H groups in total. The van der Waals surface area contributed by atoms with Crippen molar-refractivity contribution in [3.05, 3.63) is 44.3 Å². The van der Waals surface area contributed by atoms with Crippen LogP contribution in [0.5, 0.6) is 0 Å². The third kappa shape index (κ3) is 6.12. The van der Waals surface area contributed by atoms with E-state index in [2.05, 4.69) is 74.5 Å². The van der Waals surface area contributed by atoms with Crippen LogP contribution in [0.15, 0.2) is 33.2 Å². The third-order valence-electron chi connectivity index (χ3n) is 7.91. The van der Waals surface area contributed by atoms with E-state index in [4.69, 9.17) is 0 Å². The number of hydrogen-bond donors (Lipinski definition) is 0. The molecule has 0 radical (unpaired) electrons. The smallest absolute Gasteiger partial charge is 0.0508 e. The molecular weight excluding hydrogens is 546 g/mol. The molecule has 186 valence electrons. The summed E-state index contributed by atoms with van der Waals surface area (Å²) in [6, 6.07) is 10.1. The van der Waals surface area contributed by atoms with Crippen molar-refractivity contribution in [2.75, 3.05) is 0 Å². The van der Waals surface area contributed by atoms with Gasteiger partial charge in [-0.3, -0.25) is 0 Å². The molecule has 0 saturated heterocycles. The molecule has 0 aliphatic heterocycles. The number of aryl methyl sites for hydroxylation is 2. The van der Waals surface area contributed by atoms with Crippen molar-refractivity contribution in [3.8, 4) is 0 Å². The molecule has 3 aromatic rings. The molecule has 1 aliphatic rings. The topological polar surface area (TPSA) is 4.93 Å². The summed E-state index contributed by atoms with van der Waals surface area (Å²) < 4.78 is 5.23. The Labute approximate surface area is 224 Å². The van der Waals surface area contributed by atoms with Gasteiger partial charge in [0.05, 0.1) is 11.0 Å². The highest BCUT2D eigenvalue weighted by molar-refractivity contribution is 9.10. The molecule has 0 unspecified atom stereocenters. The SMILES string of the molecule is CCCCCCCCC(CCCCCCCC)n1c2cc(Br)cc3c2c2c(cc(Br)cc21)CC3. The lowest BCUT2D eigenvalue weighted by atomic mass is 9.91. The van der Waals surface area contributed by atoms with E-state index >= 15 is 0 Å². The molecule has 1 aromatic heterocycles. The number of benzene rings is 2. The van der Waals surface area contributed by atoms with Crippen molar-refractivity contribution in [1.82, 2.24) is 4.57 Å². The summed E-state index contributed by atoms with van der Waals surface area (Å²) in [6.45, 7) is 4.62. The van der Waals surface area contributed by atoms with Crippen LogP contribution < -0.4 is 0 Å². The Bertz CT molecular complexity index is 997. The van der Waals surface area contributed by atoms with Crippen LogP contribution in [-0.4, -0.2) is 4.57 Å². The predicted molar refractivity (Wildman–Crippen MR) is 157 cm³/mol.